The molecule has 0 amide bonds. The van der Waals surface area contributed by atoms with Crippen LogP contribution < -0.4 is 0 Å². The molecule has 1 heterocycles. The number of ketones is 1. The molecule has 4 fully saturated rings. The number of hydrogen-bond donors (Lipinski definition) is 1. The molecule has 7 heteroatoms. The molecule has 33 heavy (non-hydrogen) atoms. The fourth-order valence-electron chi connectivity index (χ4n) is 7.73. The Morgan fingerprint density at radius 3 is 2.45 bits per heavy atom. The molecule has 0 aromatic carbocycles. The van der Waals surface area contributed by atoms with E-state index in [0.29, 0.717) is 17.9 Å². The summed E-state index contributed by atoms with van der Waals surface area (Å²) in [5.74, 6) is 0.121. The van der Waals surface area contributed by atoms with Crippen molar-refractivity contribution in [1.82, 2.24) is 0 Å². The van der Waals surface area contributed by atoms with Crippen LogP contribution in [0.4, 0.5) is 4.79 Å². The van der Waals surface area contributed by atoms with Crippen LogP contribution in [0.25, 0.3) is 0 Å². The van der Waals surface area contributed by atoms with Gasteiger partial charge in [-0.15, -0.1) is 0 Å². The number of carbonyl (C=O) groups excluding carboxylic acids is 2. The van der Waals surface area contributed by atoms with Crippen LogP contribution in [0.1, 0.15) is 61.3 Å². The zero-order valence-electron chi connectivity index (χ0n) is 21.5. The van der Waals surface area contributed by atoms with Gasteiger partial charge in [0.15, 0.2) is 25.8 Å². The minimum atomic E-state index is -2.26. The molecule has 1 saturated heterocycles. The largest absolute Gasteiger partial charge is 0.509 e. The first-order chi connectivity index (χ1) is 15.0. The molecule has 2 bridgehead atoms. The maximum absolute atomic E-state index is 14.7. The van der Waals surface area contributed by atoms with E-state index in [0.717, 1.165) is 6.42 Å². The molecule has 2 spiro atoms. The monoisotopic (exact) mass is 476 g/mol. The van der Waals surface area contributed by atoms with Crippen molar-refractivity contribution >= 4 is 20.3 Å². The predicted molar refractivity (Wildman–Crippen MR) is 126 cm³/mol. The van der Waals surface area contributed by atoms with E-state index < -0.39 is 37.7 Å². The third-order valence-corrected chi connectivity index (χ3v) is 15.1. The van der Waals surface area contributed by atoms with Crippen molar-refractivity contribution in [3.8, 4) is 0 Å². The molecular formula is C26H40O6Si. The molecule has 0 unspecified atom stereocenters. The van der Waals surface area contributed by atoms with Gasteiger partial charge in [-0.1, -0.05) is 47.6 Å². The first-order valence-corrected chi connectivity index (χ1v) is 15.4. The number of Topliss-reactive ketones (excluding diaryl/α,β-unsaturated/α-hetero) is 1. The summed E-state index contributed by atoms with van der Waals surface area (Å²) in [6, 6.07) is 0. The van der Waals surface area contributed by atoms with Crippen molar-refractivity contribution in [1.29, 1.82) is 0 Å². The van der Waals surface area contributed by atoms with Crippen molar-refractivity contribution in [2.24, 2.45) is 34.5 Å². The van der Waals surface area contributed by atoms with Crippen LogP contribution in [0.15, 0.2) is 11.6 Å². The number of rotatable bonds is 2. The van der Waals surface area contributed by atoms with E-state index in [1.807, 2.05) is 19.9 Å². The number of carbonyl (C=O) groups is 2. The number of fused-ring (bicyclic) bond motifs is 3. The summed E-state index contributed by atoms with van der Waals surface area (Å²) in [5.41, 5.74) is -1.72. The van der Waals surface area contributed by atoms with Gasteiger partial charge in [0.1, 0.15) is 6.10 Å². The lowest BCUT2D eigenvalue weighted by molar-refractivity contribution is -0.155. The van der Waals surface area contributed by atoms with Crippen LogP contribution in [-0.4, -0.2) is 49.3 Å². The molecule has 1 aliphatic heterocycles. The summed E-state index contributed by atoms with van der Waals surface area (Å²) >= 11 is 0. The van der Waals surface area contributed by atoms with Crippen molar-refractivity contribution in [2.75, 3.05) is 0 Å². The molecule has 4 aliphatic carbocycles. The van der Waals surface area contributed by atoms with E-state index in [1.54, 1.807) is 0 Å². The second kappa shape index (κ2) is 6.52. The number of aliphatic hydroxyl groups is 1. The predicted octanol–water partition coefficient (Wildman–Crippen LogP) is 4.86. The second-order valence-corrected chi connectivity index (χ2v) is 18.3. The van der Waals surface area contributed by atoms with Gasteiger partial charge in [-0.3, -0.25) is 4.79 Å². The van der Waals surface area contributed by atoms with Crippen LogP contribution in [0.2, 0.25) is 18.1 Å². The van der Waals surface area contributed by atoms with Crippen LogP contribution in [0.3, 0.4) is 0 Å². The van der Waals surface area contributed by atoms with Crippen LogP contribution in [0, 0.1) is 34.5 Å². The third-order valence-electron chi connectivity index (χ3n) is 10.6. The Balaban J connectivity index is 1.73. The highest BCUT2D eigenvalue weighted by atomic mass is 28.4. The van der Waals surface area contributed by atoms with E-state index in [2.05, 4.69) is 47.7 Å². The normalized spacial score (nSPS) is 47.9. The number of hydrogen-bond acceptors (Lipinski definition) is 6. The van der Waals surface area contributed by atoms with Gasteiger partial charge in [0.2, 0.25) is 0 Å². The molecular weight excluding hydrogens is 436 g/mol. The van der Waals surface area contributed by atoms with E-state index in [9.17, 15) is 14.7 Å². The Hall–Kier alpha value is -1.18. The SMILES string of the molecule is CC1=C[C@]23CC[C@@H]4[C@H]([C@@H](C2=O)[C@H](O[Si](C)(C)C(C)(C)C)[C@H](C)[C@H]2OC(=O)O[C@]23[C@H]1O)C4(C)C. The lowest BCUT2D eigenvalue weighted by Gasteiger charge is -2.44. The quantitative estimate of drug-likeness (QED) is 0.348. The zero-order valence-corrected chi connectivity index (χ0v) is 22.5. The molecule has 0 radical (unpaired) electrons. The average Bonchev–Trinajstić information content (AvgIpc) is 2.99. The molecule has 0 aromatic rings. The van der Waals surface area contributed by atoms with Gasteiger partial charge in [0.05, 0.1) is 11.5 Å². The summed E-state index contributed by atoms with van der Waals surface area (Å²) in [7, 11) is -2.26. The van der Waals surface area contributed by atoms with Gasteiger partial charge < -0.3 is 19.0 Å². The first kappa shape index (κ1) is 23.6. The molecule has 0 aromatic heterocycles. The highest BCUT2D eigenvalue weighted by Crippen LogP contribution is 2.72. The topological polar surface area (TPSA) is 82.1 Å². The average molecular weight is 477 g/mol. The van der Waals surface area contributed by atoms with Gasteiger partial charge in [-0.05, 0) is 60.7 Å². The van der Waals surface area contributed by atoms with E-state index in [-0.39, 0.29) is 40.1 Å². The zero-order chi connectivity index (χ0) is 24.5. The Labute approximate surface area is 198 Å². The number of aliphatic hydroxyl groups excluding tert-OH is 1. The van der Waals surface area contributed by atoms with Crippen LogP contribution in [-0.2, 0) is 18.7 Å². The molecule has 6 nitrogen and oxygen atoms in total. The standard InChI is InChI=1S/C26H40O6Si/c1-13-12-25-11-10-15-17(24(15,6)7)16(20(25)28)18(32-33(8,9)23(3,4)5)14(2)21-26(25,19(13)27)31-22(29)30-21/h12,14-19,21,27H,10-11H2,1-9H3/t14-,15+,16+,17+,18+,19-,21+,25+,26+/m0/s1. The Morgan fingerprint density at radius 1 is 1.21 bits per heavy atom. The molecule has 9 atom stereocenters. The fourth-order valence-corrected chi connectivity index (χ4v) is 9.12. The van der Waals surface area contributed by atoms with Gasteiger partial charge in [0, 0.05) is 11.8 Å². The smallest absolute Gasteiger partial charge is 0.426 e. The summed E-state index contributed by atoms with van der Waals surface area (Å²) in [5, 5.41) is 11.4. The summed E-state index contributed by atoms with van der Waals surface area (Å²) in [6.07, 6.45) is 0.371. The molecule has 184 valence electrons. The minimum absolute atomic E-state index is 0.0324. The van der Waals surface area contributed by atoms with Gasteiger partial charge >= 0.3 is 6.16 Å². The Kier molecular flexibility index (Phi) is 4.65. The fraction of sp³-hybridized carbons (Fsp3) is 0.846. The lowest BCUT2D eigenvalue weighted by atomic mass is 9.63. The van der Waals surface area contributed by atoms with Crippen molar-refractivity contribution < 1.29 is 28.6 Å². The van der Waals surface area contributed by atoms with E-state index >= 15 is 0 Å². The molecule has 1 N–H and O–H groups in total. The van der Waals surface area contributed by atoms with Gasteiger partial charge in [-0.25, -0.2) is 4.79 Å². The Bertz CT molecular complexity index is 947. The van der Waals surface area contributed by atoms with Crippen molar-refractivity contribution in [3.05, 3.63) is 11.6 Å². The number of ether oxygens (including phenoxy) is 2. The molecule has 5 aliphatic rings. The van der Waals surface area contributed by atoms with Crippen LogP contribution in [0.5, 0.6) is 0 Å². The third kappa shape index (κ3) is 2.67. The summed E-state index contributed by atoms with van der Waals surface area (Å²) in [4.78, 5) is 27.3. The van der Waals surface area contributed by atoms with Crippen molar-refractivity contribution in [2.45, 2.75) is 103 Å². The van der Waals surface area contributed by atoms with Crippen LogP contribution >= 0.6 is 0 Å². The van der Waals surface area contributed by atoms with Gasteiger partial charge in [-0.2, -0.15) is 0 Å². The molecule has 5 rings (SSSR count). The second-order valence-electron chi connectivity index (χ2n) is 13.5. The Morgan fingerprint density at radius 2 is 1.85 bits per heavy atom. The highest BCUT2D eigenvalue weighted by Gasteiger charge is 2.81. The van der Waals surface area contributed by atoms with E-state index in [1.165, 1.54) is 0 Å². The first-order valence-electron chi connectivity index (χ1n) is 12.5. The van der Waals surface area contributed by atoms with Gasteiger partial charge in [0.25, 0.3) is 0 Å². The lowest BCUT2D eigenvalue weighted by Crippen LogP contribution is -2.62. The maximum Gasteiger partial charge on any atom is 0.509 e. The minimum Gasteiger partial charge on any atom is -0.426 e. The summed E-state index contributed by atoms with van der Waals surface area (Å²) in [6.45, 7) is 19.4. The van der Waals surface area contributed by atoms with E-state index in [4.69, 9.17) is 13.9 Å². The maximum atomic E-state index is 14.7. The summed E-state index contributed by atoms with van der Waals surface area (Å²) < 4.78 is 18.8. The molecule has 3 saturated carbocycles. The highest BCUT2D eigenvalue weighted by molar-refractivity contribution is 6.74. The van der Waals surface area contributed by atoms with Crippen molar-refractivity contribution in [3.63, 3.8) is 0 Å².